The van der Waals surface area contributed by atoms with Crippen LogP contribution < -0.4 is 15.1 Å². The Bertz CT molecular complexity index is 643. The Hall–Kier alpha value is -1.50. The van der Waals surface area contributed by atoms with Crippen LogP contribution in [0.4, 0.5) is 0 Å². The van der Waals surface area contributed by atoms with Crippen LogP contribution in [0.15, 0.2) is 24.3 Å². The Morgan fingerprint density at radius 3 is 2.62 bits per heavy atom. The van der Waals surface area contributed by atoms with E-state index in [9.17, 15) is 4.79 Å². The van der Waals surface area contributed by atoms with E-state index in [1.165, 1.54) is 14.6 Å². The minimum absolute atomic E-state index is 0.188. The molecule has 2 aromatic rings. The smallest absolute Gasteiger partial charge is 0.275 e. The highest BCUT2D eigenvalue weighted by Crippen LogP contribution is 2.20. The number of piperazine rings is 1. The average Bonchev–Trinajstić information content (AvgIpc) is 2.97. The van der Waals surface area contributed by atoms with Crippen molar-refractivity contribution >= 4 is 27.5 Å². The average molecular weight is 349 g/mol. The number of carbonyl (C=O) groups is 1. The molecule has 2 heterocycles. The van der Waals surface area contributed by atoms with E-state index in [4.69, 9.17) is 4.98 Å². The van der Waals surface area contributed by atoms with Gasteiger partial charge in [-0.15, -0.1) is 11.3 Å². The van der Waals surface area contributed by atoms with Crippen molar-refractivity contribution in [3.63, 3.8) is 0 Å². The molecule has 0 bridgehead atoms. The molecule has 1 aliphatic rings. The van der Waals surface area contributed by atoms with Gasteiger partial charge in [0.05, 0.1) is 10.2 Å². The minimum Gasteiger partial charge on any atom is -0.351 e. The summed E-state index contributed by atoms with van der Waals surface area (Å²) in [4.78, 5) is 19.7. The lowest BCUT2D eigenvalue weighted by Gasteiger charge is -2.28. The van der Waals surface area contributed by atoms with Crippen molar-refractivity contribution < 1.29 is 14.6 Å². The van der Waals surface area contributed by atoms with Gasteiger partial charge in [0.2, 0.25) is 0 Å². The number of amides is 1. The Morgan fingerprint density at radius 2 is 1.92 bits per heavy atom. The predicted molar refractivity (Wildman–Crippen MR) is 97.4 cm³/mol. The Kier molecular flexibility index (Phi) is 5.81. The number of rotatable bonds is 6. The fraction of sp³-hybridized carbons (Fsp3) is 0.556. The zero-order chi connectivity index (χ0) is 16.9. The SMILES string of the molecule is CC(C)CNC(=O)C[NH+]1CC[NH+](Cc2nc3ccccc3s2)CC1. The molecule has 0 radical (unpaired) electrons. The number of fused-ring (bicyclic) bond motifs is 1. The van der Waals surface area contributed by atoms with E-state index >= 15 is 0 Å². The van der Waals surface area contributed by atoms with Crippen molar-refractivity contribution in [2.75, 3.05) is 39.3 Å². The lowest BCUT2D eigenvalue weighted by molar-refractivity contribution is -1.02. The molecule has 5 nitrogen and oxygen atoms in total. The summed E-state index contributed by atoms with van der Waals surface area (Å²) in [5.74, 6) is 0.701. The number of hydrogen-bond donors (Lipinski definition) is 3. The van der Waals surface area contributed by atoms with Gasteiger partial charge >= 0.3 is 0 Å². The van der Waals surface area contributed by atoms with Gasteiger partial charge < -0.3 is 15.1 Å². The monoisotopic (exact) mass is 348 g/mol. The number of aromatic nitrogens is 1. The molecule has 24 heavy (non-hydrogen) atoms. The molecule has 1 saturated heterocycles. The van der Waals surface area contributed by atoms with Gasteiger partial charge in [-0.05, 0) is 18.1 Å². The van der Waals surface area contributed by atoms with E-state index in [0.717, 1.165) is 44.8 Å². The van der Waals surface area contributed by atoms with Crippen LogP contribution in [0.1, 0.15) is 18.9 Å². The lowest BCUT2D eigenvalue weighted by Crippen LogP contribution is -3.28. The first-order chi connectivity index (χ1) is 11.6. The number of benzene rings is 1. The van der Waals surface area contributed by atoms with Crippen molar-refractivity contribution in [2.45, 2.75) is 20.4 Å². The maximum atomic E-state index is 11.9. The first-order valence-electron chi connectivity index (χ1n) is 8.88. The maximum absolute atomic E-state index is 11.9. The molecule has 1 aromatic heterocycles. The first-order valence-corrected chi connectivity index (χ1v) is 9.70. The number of thiazole rings is 1. The number of para-hydroxylation sites is 1. The van der Waals surface area contributed by atoms with Gasteiger partial charge in [0, 0.05) is 6.54 Å². The minimum atomic E-state index is 0.188. The molecule has 0 spiro atoms. The molecule has 1 fully saturated rings. The maximum Gasteiger partial charge on any atom is 0.275 e. The number of nitrogens with zero attached hydrogens (tertiary/aromatic N) is 1. The summed E-state index contributed by atoms with van der Waals surface area (Å²) in [6, 6.07) is 8.35. The first kappa shape index (κ1) is 17.3. The highest BCUT2D eigenvalue weighted by molar-refractivity contribution is 7.18. The van der Waals surface area contributed by atoms with Crippen LogP contribution in [0.2, 0.25) is 0 Å². The number of hydrogen-bond acceptors (Lipinski definition) is 3. The van der Waals surface area contributed by atoms with Gasteiger partial charge in [0.25, 0.3) is 5.91 Å². The van der Waals surface area contributed by atoms with Gasteiger partial charge in [-0.2, -0.15) is 0 Å². The van der Waals surface area contributed by atoms with Crippen LogP contribution in [0.3, 0.4) is 0 Å². The fourth-order valence-corrected chi connectivity index (χ4v) is 4.17. The number of carbonyl (C=O) groups excluding carboxylic acids is 1. The van der Waals surface area contributed by atoms with E-state index in [1.807, 2.05) is 17.4 Å². The Balaban J connectivity index is 1.44. The van der Waals surface area contributed by atoms with Crippen molar-refractivity contribution in [1.82, 2.24) is 10.3 Å². The molecule has 3 N–H and O–H groups in total. The standard InChI is InChI=1S/C18H26N4OS/c1-14(2)11-19-17(23)12-21-7-9-22(10-8-21)13-18-20-15-5-3-4-6-16(15)24-18/h3-6,14H,7-13H2,1-2H3,(H,19,23)/p+2. The second-order valence-electron chi connectivity index (χ2n) is 7.13. The van der Waals surface area contributed by atoms with Crippen LogP contribution in [0.5, 0.6) is 0 Å². The summed E-state index contributed by atoms with van der Waals surface area (Å²) in [5.41, 5.74) is 1.11. The van der Waals surface area contributed by atoms with Crippen molar-refractivity contribution in [3.8, 4) is 0 Å². The highest BCUT2D eigenvalue weighted by Gasteiger charge is 2.25. The Labute approximate surface area is 147 Å². The summed E-state index contributed by atoms with van der Waals surface area (Å²) in [6.07, 6.45) is 0. The quantitative estimate of drug-likeness (QED) is 0.650. The molecule has 3 rings (SSSR count). The molecule has 0 atom stereocenters. The number of quaternary nitrogens is 2. The second kappa shape index (κ2) is 8.05. The third-order valence-corrected chi connectivity index (χ3v) is 5.56. The summed E-state index contributed by atoms with van der Waals surface area (Å²) in [6.45, 7) is 11.0. The van der Waals surface area contributed by atoms with E-state index in [0.29, 0.717) is 12.5 Å². The van der Waals surface area contributed by atoms with E-state index in [1.54, 1.807) is 4.90 Å². The van der Waals surface area contributed by atoms with E-state index < -0.39 is 0 Å². The normalized spacial score (nSPS) is 21.3. The van der Waals surface area contributed by atoms with Crippen LogP contribution in [0, 0.1) is 5.92 Å². The largest absolute Gasteiger partial charge is 0.351 e. The van der Waals surface area contributed by atoms with Gasteiger partial charge in [-0.25, -0.2) is 4.98 Å². The van der Waals surface area contributed by atoms with E-state index in [-0.39, 0.29) is 5.91 Å². The zero-order valence-electron chi connectivity index (χ0n) is 14.6. The fourth-order valence-electron chi connectivity index (χ4n) is 3.13. The summed E-state index contributed by atoms with van der Waals surface area (Å²) in [5, 5.41) is 4.25. The summed E-state index contributed by atoms with van der Waals surface area (Å²) < 4.78 is 1.28. The molecular formula is C18H28N4OS+2. The molecular weight excluding hydrogens is 320 g/mol. The molecule has 1 amide bonds. The molecule has 6 heteroatoms. The van der Waals surface area contributed by atoms with Crippen LogP contribution in [-0.4, -0.2) is 50.2 Å². The highest BCUT2D eigenvalue weighted by atomic mass is 32.1. The second-order valence-corrected chi connectivity index (χ2v) is 8.24. The zero-order valence-corrected chi connectivity index (χ0v) is 15.4. The van der Waals surface area contributed by atoms with Crippen molar-refractivity contribution in [1.29, 1.82) is 0 Å². The molecule has 1 aliphatic heterocycles. The molecule has 0 saturated carbocycles. The summed E-state index contributed by atoms with van der Waals surface area (Å²) in [7, 11) is 0. The van der Waals surface area contributed by atoms with Crippen LogP contribution >= 0.6 is 11.3 Å². The van der Waals surface area contributed by atoms with Crippen molar-refractivity contribution in [3.05, 3.63) is 29.3 Å². The van der Waals surface area contributed by atoms with Crippen LogP contribution in [0.25, 0.3) is 10.2 Å². The topological polar surface area (TPSA) is 50.9 Å². The number of nitrogens with one attached hydrogen (secondary N) is 3. The van der Waals surface area contributed by atoms with Gasteiger partial charge in [0.15, 0.2) is 6.54 Å². The Morgan fingerprint density at radius 1 is 1.21 bits per heavy atom. The van der Waals surface area contributed by atoms with E-state index in [2.05, 4.69) is 37.4 Å². The van der Waals surface area contributed by atoms with Gasteiger partial charge in [0.1, 0.15) is 37.7 Å². The molecule has 130 valence electrons. The third-order valence-electron chi connectivity index (χ3n) is 4.52. The van der Waals surface area contributed by atoms with Crippen LogP contribution in [-0.2, 0) is 11.3 Å². The van der Waals surface area contributed by atoms with Crippen molar-refractivity contribution in [2.24, 2.45) is 5.92 Å². The molecule has 0 unspecified atom stereocenters. The summed E-state index contributed by atoms with van der Waals surface area (Å²) >= 11 is 1.81. The third kappa shape index (κ3) is 4.75. The lowest BCUT2D eigenvalue weighted by atomic mass is 10.2. The van der Waals surface area contributed by atoms with Gasteiger partial charge in [-0.1, -0.05) is 26.0 Å². The molecule has 1 aromatic carbocycles. The molecule has 0 aliphatic carbocycles. The predicted octanol–water partition coefficient (Wildman–Crippen LogP) is -0.648. The van der Waals surface area contributed by atoms with Gasteiger partial charge in [-0.3, -0.25) is 4.79 Å².